The summed E-state index contributed by atoms with van der Waals surface area (Å²) in [6, 6.07) is 7.66. The lowest BCUT2D eigenvalue weighted by molar-refractivity contribution is 0.102. The van der Waals surface area contributed by atoms with Crippen molar-refractivity contribution in [1.29, 1.82) is 0 Å². The third kappa shape index (κ3) is 5.15. The molecular formula is C21H23ClN2O6S2. The number of benzene rings is 2. The van der Waals surface area contributed by atoms with Gasteiger partial charge in [-0.2, -0.15) is 0 Å². The second-order valence-corrected chi connectivity index (χ2v) is 10.3. The van der Waals surface area contributed by atoms with Crippen LogP contribution in [-0.4, -0.2) is 53.1 Å². The van der Waals surface area contributed by atoms with Crippen LogP contribution in [0.4, 0.5) is 5.69 Å². The first-order valence-electron chi connectivity index (χ1n) is 10.1. The maximum absolute atomic E-state index is 12.9. The van der Waals surface area contributed by atoms with Crippen molar-refractivity contribution in [3.05, 3.63) is 40.9 Å². The number of amides is 1. The van der Waals surface area contributed by atoms with Gasteiger partial charge in [0.15, 0.2) is 11.5 Å². The number of ether oxygens (including phenoxy) is 3. The molecule has 11 heteroatoms. The molecule has 0 saturated carbocycles. The molecule has 1 unspecified atom stereocenters. The Kier molecular flexibility index (Phi) is 7.16. The van der Waals surface area contributed by atoms with Crippen LogP contribution in [0.25, 0.3) is 0 Å². The van der Waals surface area contributed by atoms with Gasteiger partial charge >= 0.3 is 0 Å². The number of nitrogens with one attached hydrogen (secondary N) is 2. The van der Waals surface area contributed by atoms with E-state index < -0.39 is 15.9 Å². The minimum atomic E-state index is -3.91. The van der Waals surface area contributed by atoms with E-state index in [1.165, 1.54) is 30.0 Å². The number of hydrogen-bond donors (Lipinski definition) is 2. The monoisotopic (exact) mass is 498 g/mol. The Morgan fingerprint density at radius 2 is 1.91 bits per heavy atom. The van der Waals surface area contributed by atoms with Crippen LogP contribution in [0.2, 0.25) is 5.02 Å². The van der Waals surface area contributed by atoms with Crippen LogP contribution >= 0.6 is 23.4 Å². The molecule has 2 N–H and O–H groups in total. The van der Waals surface area contributed by atoms with Crippen LogP contribution in [0.15, 0.2) is 40.1 Å². The molecule has 0 bridgehead atoms. The van der Waals surface area contributed by atoms with E-state index in [2.05, 4.69) is 10.0 Å². The van der Waals surface area contributed by atoms with Crippen molar-refractivity contribution in [3.63, 3.8) is 0 Å². The molecule has 1 saturated heterocycles. The highest BCUT2D eigenvalue weighted by atomic mass is 35.5. The molecule has 2 heterocycles. The zero-order valence-corrected chi connectivity index (χ0v) is 19.7. The molecular weight excluding hydrogens is 476 g/mol. The smallest absolute Gasteiger partial charge is 0.255 e. The van der Waals surface area contributed by atoms with Gasteiger partial charge in [0.2, 0.25) is 10.0 Å². The topological polar surface area (TPSA) is 103 Å². The lowest BCUT2D eigenvalue weighted by Crippen LogP contribution is -2.32. The molecule has 0 radical (unpaired) electrons. The van der Waals surface area contributed by atoms with Gasteiger partial charge in [-0.25, -0.2) is 13.1 Å². The Balaban J connectivity index is 1.54. The first-order valence-corrected chi connectivity index (χ1v) is 13.2. The second kappa shape index (κ2) is 9.88. The SMILES string of the molecule is CSc1cc2c(cc1NC(=O)c1ccc(Cl)c(S(=O)(=O)NCC3CCCO3)c1)OCCO2. The Morgan fingerprint density at radius 3 is 2.59 bits per heavy atom. The predicted molar refractivity (Wildman–Crippen MR) is 123 cm³/mol. The van der Waals surface area contributed by atoms with Crippen LogP contribution in [0, 0.1) is 0 Å². The van der Waals surface area contributed by atoms with Gasteiger partial charge in [0.25, 0.3) is 5.91 Å². The molecule has 2 aromatic carbocycles. The number of carbonyl (C=O) groups excluding carboxylic acids is 1. The van der Waals surface area contributed by atoms with Gasteiger partial charge < -0.3 is 19.5 Å². The Bertz CT molecular complexity index is 1120. The van der Waals surface area contributed by atoms with Crippen LogP contribution in [0.3, 0.4) is 0 Å². The van der Waals surface area contributed by atoms with E-state index in [-0.39, 0.29) is 28.1 Å². The molecule has 1 fully saturated rings. The maximum atomic E-state index is 12.9. The fraction of sp³-hybridized carbons (Fsp3) is 0.381. The summed E-state index contributed by atoms with van der Waals surface area (Å²) in [5, 5.41) is 2.86. The van der Waals surface area contributed by atoms with E-state index in [0.717, 1.165) is 17.7 Å². The summed E-state index contributed by atoms with van der Waals surface area (Å²) in [5.74, 6) is 0.696. The lowest BCUT2D eigenvalue weighted by atomic mass is 10.2. The zero-order chi connectivity index (χ0) is 22.7. The minimum absolute atomic E-state index is 0.0329. The number of fused-ring (bicyclic) bond motifs is 1. The first kappa shape index (κ1) is 23.2. The predicted octanol–water partition coefficient (Wildman–Crippen LogP) is 3.54. The summed E-state index contributed by atoms with van der Waals surface area (Å²) < 4.78 is 44.7. The molecule has 8 nitrogen and oxygen atoms in total. The standard InChI is InChI=1S/C21H23ClN2O6S2/c1-31-19-11-18-17(29-7-8-30-18)10-16(19)24-21(25)13-4-5-15(22)20(9-13)32(26,27)23-12-14-3-2-6-28-14/h4-5,9-11,14,23H,2-3,6-8,12H2,1H3,(H,24,25). The molecule has 2 aromatic rings. The Morgan fingerprint density at radius 1 is 1.16 bits per heavy atom. The number of carbonyl (C=O) groups is 1. The van der Waals surface area contributed by atoms with Gasteiger partial charge in [-0.1, -0.05) is 11.6 Å². The second-order valence-electron chi connectivity index (χ2n) is 7.28. The third-order valence-corrected chi connectivity index (χ3v) is 7.80. The van der Waals surface area contributed by atoms with Gasteiger partial charge in [-0.15, -0.1) is 11.8 Å². The van der Waals surface area contributed by atoms with E-state index >= 15 is 0 Å². The van der Waals surface area contributed by atoms with Gasteiger partial charge in [0, 0.05) is 29.7 Å². The highest BCUT2D eigenvalue weighted by molar-refractivity contribution is 7.98. The summed E-state index contributed by atoms with van der Waals surface area (Å²) in [7, 11) is -3.91. The molecule has 2 aliphatic rings. The number of thioether (sulfide) groups is 1. The fourth-order valence-corrected chi connectivity index (χ4v) is 5.61. The molecule has 1 atom stereocenters. The normalized spacial score (nSPS) is 17.9. The van der Waals surface area contributed by atoms with Crippen molar-refractivity contribution in [2.24, 2.45) is 0 Å². The quantitative estimate of drug-likeness (QED) is 0.563. The molecule has 0 aromatic heterocycles. The van der Waals surface area contributed by atoms with Crippen molar-refractivity contribution in [1.82, 2.24) is 4.72 Å². The van der Waals surface area contributed by atoms with Crippen molar-refractivity contribution in [2.75, 3.05) is 37.9 Å². The summed E-state index contributed by atoms with van der Waals surface area (Å²) in [5.41, 5.74) is 0.705. The highest BCUT2D eigenvalue weighted by Crippen LogP contribution is 2.39. The van der Waals surface area contributed by atoms with E-state index in [4.69, 9.17) is 25.8 Å². The summed E-state index contributed by atoms with van der Waals surface area (Å²) >= 11 is 7.60. The molecule has 4 rings (SSSR count). The average Bonchev–Trinajstić information content (AvgIpc) is 3.31. The molecule has 32 heavy (non-hydrogen) atoms. The van der Waals surface area contributed by atoms with Crippen LogP contribution < -0.4 is 19.5 Å². The van der Waals surface area contributed by atoms with Gasteiger partial charge in [-0.05, 0) is 43.4 Å². The number of hydrogen-bond acceptors (Lipinski definition) is 7. The number of halogens is 1. The van der Waals surface area contributed by atoms with E-state index in [0.29, 0.717) is 37.0 Å². The van der Waals surface area contributed by atoms with E-state index in [1.807, 2.05) is 12.3 Å². The summed E-state index contributed by atoms with van der Waals surface area (Å²) in [6.45, 7) is 1.68. The molecule has 1 amide bonds. The van der Waals surface area contributed by atoms with Crippen LogP contribution in [0.5, 0.6) is 11.5 Å². The average molecular weight is 499 g/mol. The molecule has 0 spiro atoms. The van der Waals surface area contributed by atoms with Gasteiger partial charge in [0.1, 0.15) is 18.1 Å². The van der Waals surface area contributed by atoms with Crippen molar-refractivity contribution in [2.45, 2.75) is 28.7 Å². The van der Waals surface area contributed by atoms with Crippen LogP contribution in [0.1, 0.15) is 23.2 Å². The summed E-state index contributed by atoms with van der Waals surface area (Å²) in [6.07, 6.45) is 3.43. The maximum Gasteiger partial charge on any atom is 0.255 e. The van der Waals surface area contributed by atoms with Crippen molar-refractivity contribution >= 4 is 45.0 Å². The van der Waals surface area contributed by atoms with E-state index in [9.17, 15) is 13.2 Å². The number of anilines is 1. The van der Waals surface area contributed by atoms with Crippen LogP contribution in [-0.2, 0) is 14.8 Å². The lowest BCUT2D eigenvalue weighted by Gasteiger charge is -2.21. The van der Waals surface area contributed by atoms with Crippen molar-refractivity contribution < 1.29 is 27.4 Å². The largest absolute Gasteiger partial charge is 0.486 e. The molecule has 2 aliphatic heterocycles. The first-order chi connectivity index (χ1) is 15.4. The number of rotatable bonds is 7. The zero-order valence-electron chi connectivity index (χ0n) is 17.4. The van der Waals surface area contributed by atoms with Gasteiger partial charge in [-0.3, -0.25) is 4.79 Å². The Hall–Kier alpha value is -1.98. The van der Waals surface area contributed by atoms with Gasteiger partial charge in [0.05, 0.1) is 16.8 Å². The number of sulfonamides is 1. The third-order valence-electron chi connectivity index (χ3n) is 5.12. The summed E-state index contributed by atoms with van der Waals surface area (Å²) in [4.78, 5) is 13.6. The highest BCUT2D eigenvalue weighted by Gasteiger charge is 2.24. The van der Waals surface area contributed by atoms with Crippen molar-refractivity contribution in [3.8, 4) is 11.5 Å². The van der Waals surface area contributed by atoms with E-state index in [1.54, 1.807) is 6.07 Å². The Labute approximate surface area is 196 Å². The minimum Gasteiger partial charge on any atom is -0.486 e. The fourth-order valence-electron chi connectivity index (χ4n) is 3.47. The molecule has 0 aliphatic carbocycles. The molecule has 172 valence electrons.